The SMILES string of the molecule is CC(C)(C)OC(=O)NC1CCCC1O.CSc1cnc(N)nc1. The number of alkyl carbamates (subject to hydrolysis) is 1. The summed E-state index contributed by atoms with van der Waals surface area (Å²) in [6.07, 6.45) is 7.07. The van der Waals surface area contributed by atoms with Gasteiger partial charge in [0.15, 0.2) is 0 Å². The van der Waals surface area contributed by atoms with Crippen LogP contribution in [0.1, 0.15) is 40.0 Å². The van der Waals surface area contributed by atoms with Crippen LogP contribution < -0.4 is 11.1 Å². The van der Waals surface area contributed by atoms with Crippen molar-refractivity contribution in [3.05, 3.63) is 12.4 Å². The van der Waals surface area contributed by atoms with E-state index in [9.17, 15) is 9.90 Å². The number of aliphatic hydroxyl groups excluding tert-OH is 1. The predicted octanol–water partition coefficient (Wildman–Crippen LogP) is 2.21. The molecule has 1 aromatic rings. The van der Waals surface area contributed by atoms with Crippen molar-refractivity contribution in [2.45, 2.75) is 62.7 Å². The van der Waals surface area contributed by atoms with Gasteiger partial charge in [0.2, 0.25) is 5.95 Å². The standard InChI is InChI=1S/C10H19NO3.C5H7N3S/c1-10(2,3)14-9(13)11-7-5-4-6-8(7)12;1-9-4-2-7-5(6)8-3-4/h7-8,12H,4-6H2,1-3H3,(H,11,13);2-3H,1H3,(H2,6,7,8). The van der Waals surface area contributed by atoms with Crippen LogP contribution in [0.2, 0.25) is 0 Å². The van der Waals surface area contributed by atoms with Gasteiger partial charge in [-0.15, -0.1) is 11.8 Å². The fourth-order valence-electron chi connectivity index (χ4n) is 2.00. The molecule has 1 aromatic heterocycles. The number of hydrogen-bond donors (Lipinski definition) is 3. The van der Waals surface area contributed by atoms with Crippen LogP contribution in [0.25, 0.3) is 0 Å². The Kier molecular flexibility index (Phi) is 7.57. The van der Waals surface area contributed by atoms with Gasteiger partial charge in [-0.1, -0.05) is 0 Å². The average Bonchev–Trinajstić information content (AvgIpc) is 2.84. The number of aliphatic hydroxyl groups is 1. The van der Waals surface area contributed by atoms with Crippen LogP contribution in [-0.2, 0) is 4.74 Å². The van der Waals surface area contributed by atoms with Crippen LogP contribution in [-0.4, -0.2) is 45.2 Å². The van der Waals surface area contributed by atoms with E-state index in [1.54, 1.807) is 24.2 Å². The minimum Gasteiger partial charge on any atom is -0.444 e. The third kappa shape index (κ3) is 8.03. The molecule has 2 atom stereocenters. The maximum Gasteiger partial charge on any atom is 0.407 e. The number of carbonyl (C=O) groups is 1. The Hall–Kier alpha value is -1.54. The molecule has 1 fully saturated rings. The first-order valence-corrected chi connectivity index (χ1v) is 8.73. The van der Waals surface area contributed by atoms with Crippen molar-refractivity contribution >= 4 is 23.8 Å². The highest BCUT2D eigenvalue weighted by Gasteiger charge is 2.28. The molecule has 0 saturated heterocycles. The molecule has 4 N–H and O–H groups in total. The minimum absolute atomic E-state index is 0.134. The van der Waals surface area contributed by atoms with Crippen LogP contribution in [0.3, 0.4) is 0 Å². The van der Waals surface area contributed by atoms with Gasteiger partial charge in [-0.2, -0.15) is 0 Å². The Labute approximate surface area is 141 Å². The average molecular weight is 342 g/mol. The molecule has 8 heteroatoms. The molecular formula is C15H26N4O3S. The van der Waals surface area contributed by atoms with Gasteiger partial charge in [0.1, 0.15) is 5.60 Å². The summed E-state index contributed by atoms with van der Waals surface area (Å²) in [7, 11) is 0. The third-order valence-corrected chi connectivity index (χ3v) is 3.75. The van der Waals surface area contributed by atoms with Gasteiger partial charge in [0.25, 0.3) is 0 Å². The largest absolute Gasteiger partial charge is 0.444 e. The molecule has 0 radical (unpaired) electrons. The molecule has 1 amide bonds. The lowest BCUT2D eigenvalue weighted by atomic mass is 10.2. The Bertz CT molecular complexity index is 490. The smallest absolute Gasteiger partial charge is 0.407 e. The summed E-state index contributed by atoms with van der Waals surface area (Å²) in [5, 5.41) is 12.1. The lowest BCUT2D eigenvalue weighted by molar-refractivity contribution is 0.0450. The van der Waals surface area contributed by atoms with Crippen LogP contribution >= 0.6 is 11.8 Å². The summed E-state index contributed by atoms with van der Waals surface area (Å²) in [5.41, 5.74) is 4.77. The van der Waals surface area contributed by atoms with Crippen LogP contribution in [0.5, 0.6) is 0 Å². The van der Waals surface area contributed by atoms with Crippen LogP contribution in [0.4, 0.5) is 10.7 Å². The van der Waals surface area contributed by atoms with Gasteiger partial charge in [0.05, 0.1) is 12.1 Å². The first-order valence-electron chi connectivity index (χ1n) is 7.50. The van der Waals surface area contributed by atoms with Gasteiger partial charge < -0.3 is 20.9 Å². The number of thioether (sulfide) groups is 1. The number of amides is 1. The van der Waals surface area contributed by atoms with Crippen molar-refractivity contribution in [2.75, 3.05) is 12.0 Å². The number of nitrogen functional groups attached to an aromatic ring is 1. The van der Waals surface area contributed by atoms with Gasteiger partial charge >= 0.3 is 6.09 Å². The number of ether oxygens (including phenoxy) is 1. The van der Waals surface area contributed by atoms with E-state index in [1.165, 1.54) is 0 Å². The van der Waals surface area contributed by atoms with E-state index in [0.29, 0.717) is 5.95 Å². The normalized spacial score (nSPS) is 20.4. The summed E-state index contributed by atoms with van der Waals surface area (Å²) in [6, 6.07) is -0.134. The molecule has 2 rings (SSSR count). The van der Waals surface area contributed by atoms with E-state index in [2.05, 4.69) is 15.3 Å². The second-order valence-electron chi connectivity index (χ2n) is 6.23. The molecule has 0 aliphatic heterocycles. The number of anilines is 1. The quantitative estimate of drug-likeness (QED) is 0.707. The van der Waals surface area contributed by atoms with Gasteiger partial charge in [0, 0.05) is 17.3 Å². The number of nitrogens with zero attached hydrogens (tertiary/aromatic N) is 2. The summed E-state index contributed by atoms with van der Waals surface area (Å²) < 4.78 is 5.09. The van der Waals surface area contributed by atoms with Crippen molar-refractivity contribution in [1.82, 2.24) is 15.3 Å². The molecule has 2 unspecified atom stereocenters. The number of carbonyl (C=O) groups excluding carboxylic acids is 1. The van der Waals surface area contributed by atoms with E-state index in [0.717, 1.165) is 24.2 Å². The molecule has 0 spiro atoms. The molecule has 0 bridgehead atoms. The molecule has 1 saturated carbocycles. The Balaban J connectivity index is 0.000000253. The second kappa shape index (κ2) is 8.93. The van der Waals surface area contributed by atoms with Crippen LogP contribution in [0.15, 0.2) is 17.3 Å². The van der Waals surface area contributed by atoms with Gasteiger partial charge in [-0.05, 0) is 46.3 Å². The zero-order valence-electron chi connectivity index (χ0n) is 14.1. The first-order chi connectivity index (χ1) is 10.7. The van der Waals surface area contributed by atoms with Crippen LogP contribution in [0, 0.1) is 0 Å². The second-order valence-corrected chi connectivity index (χ2v) is 7.11. The first kappa shape index (κ1) is 19.5. The summed E-state index contributed by atoms with van der Waals surface area (Å²) in [6.45, 7) is 5.45. The van der Waals surface area contributed by atoms with E-state index in [4.69, 9.17) is 10.5 Å². The molecule has 130 valence electrons. The maximum atomic E-state index is 11.3. The van der Waals surface area contributed by atoms with Crippen molar-refractivity contribution in [1.29, 1.82) is 0 Å². The molecular weight excluding hydrogens is 316 g/mol. The molecule has 7 nitrogen and oxygen atoms in total. The highest BCUT2D eigenvalue weighted by Crippen LogP contribution is 2.19. The molecule has 1 aliphatic rings. The fourth-order valence-corrected chi connectivity index (χ4v) is 2.32. The number of nitrogens with one attached hydrogen (secondary N) is 1. The van der Waals surface area contributed by atoms with Crippen molar-refractivity contribution in [3.8, 4) is 0 Å². The number of nitrogens with two attached hydrogens (primary N) is 1. The Morgan fingerprint density at radius 1 is 1.39 bits per heavy atom. The fraction of sp³-hybridized carbons (Fsp3) is 0.667. The van der Waals surface area contributed by atoms with Gasteiger partial charge in [-0.3, -0.25) is 0 Å². The maximum absolute atomic E-state index is 11.3. The van der Waals surface area contributed by atoms with Gasteiger partial charge in [-0.25, -0.2) is 14.8 Å². The predicted molar refractivity (Wildman–Crippen MR) is 91.2 cm³/mol. The Morgan fingerprint density at radius 2 is 2.00 bits per heavy atom. The lowest BCUT2D eigenvalue weighted by Gasteiger charge is -2.22. The van der Waals surface area contributed by atoms with E-state index in [1.807, 2.05) is 27.0 Å². The minimum atomic E-state index is -0.479. The zero-order valence-corrected chi connectivity index (χ0v) is 14.9. The van der Waals surface area contributed by atoms with Crippen molar-refractivity contribution in [2.24, 2.45) is 0 Å². The molecule has 1 aliphatic carbocycles. The third-order valence-electron chi connectivity index (χ3n) is 3.07. The highest BCUT2D eigenvalue weighted by atomic mass is 32.2. The van der Waals surface area contributed by atoms with E-state index < -0.39 is 17.8 Å². The van der Waals surface area contributed by atoms with Crippen molar-refractivity contribution < 1.29 is 14.6 Å². The molecule has 23 heavy (non-hydrogen) atoms. The summed E-state index contributed by atoms with van der Waals surface area (Å²) in [5.74, 6) is 0.327. The van der Waals surface area contributed by atoms with E-state index in [-0.39, 0.29) is 6.04 Å². The van der Waals surface area contributed by atoms with E-state index >= 15 is 0 Å². The van der Waals surface area contributed by atoms with Crippen molar-refractivity contribution in [3.63, 3.8) is 0 Å². The monoisotopic (exact) mass is 342 g/mol. The molecule has 1 heterocycles. The number of hydrogen-bond acceptors (Lipinski definition) is 7. The number of aromatic nitrogens is 2. The summed E-state index contributed by atoms with van der Waals surface area (Å²) in [4.78, 5) is 19.9. The lowest BCUT2D eigenvalue weighted by Crippen LogP contribution is -2.42. The number of rotatable bonds is 2. The molecule has 0 aromatic carbocycles. The zero-order chi connectivity index (χ0) is 17.5. The Morgan fingerprint density at radius 3 is 2.43 bits per heavy atom. The summed E-state index contributed by atoms with van der Waals surface area (Å²) >= 11 is 1.60. The topological polar surface area (TPSA) is 110 Å². The highest BCUT2D eigenvalue weighted by molar-refractivity contribution is 7.98.